The second-order valence-electron chi connectivity index (χ2n) is 4.75. The van der Waals surface area contributed by atoms with Crippen LogP contribution in [0.2, 0.25) is 0 Å². The highest BCUT2D eigenvalue weighted by molar-refractivity contribution is 5.33. The number of benzene rings is 1. The highest BCUT2D eigenvalue weighted by Gasteiger charge is 2.18. The Balaban J connectivity index is 2.35. The van der Waals surface area contributed by atoms with Gasteiger partial charge in [-0.15, -0.1) is 0 Å². The molecule has 0 amide bonds. The SMILES string of the molecule is CCCNC(c1ccc(F)cc1)c1cnn(C)c1C. The summed E-state index contributed by atoms with van der Waals surface area (Å²) in [4.78, 5) is 0. The summed E-state index contributed by atoms with van der Waals surface area (Å²) >= 11 is 0. The molecule has 0 radical (unpaired) electrons. The molecule has 2 aromatic rings. The molecule has 1 aromatic heterocycles. The normalized spacial score (nSPS) is 12.6. The molecule has 1 unspecified atom stereocenters. The van der Waals surface area contributed by atoms with Crippen LogP contribution in [0.15, 0.2) is 30.5 Å². The van der Waals surface area contributed by atoms with E-state index in [2.05, 4.69) is 17.3 Å². The van der Waals surface area contributed by atoms with Crippen LogP contribution in [0.5, 0.6) is 0 Å². The highest BCUT2D eigenvalue weighted by Crippen LogP contribution is 2.24. The summed E-state index contributed by atoms with van der Waals surface area (Å²) in [5, 5.41) is 7.79. The number of hydrogen-bond donors (Lipinski definition) is 1. The molecule has 0 spiro atoms. The molecule has 0 bridgehead atoms. The summed E-state index contributed by atoms with van der Waals surface area (Å²) in [5.74, 6) is -0.207. The third kappa shape index (κ3) is 3.01. The second kappa shape index (κ2) is 5.97. The van der Waals surface area contributed by atoms with Gasteiger partial charge in [0, 0.05) is 18.3 Å². The number of halogens is 1. The van der Waals surface area contributed by atoms with Crippen molar-refractivity contribution in [1.29, 1.82) is 0 Å². The zero-order valence-electron chi connectivity index (χ0n) is 11.7. The predicted octanol–water partition coefficient (Wildman–Crippen LogP) is 2.96. The maximum absolute atomic E-state index is 13.1. The van der Waals surface area contributed by atoms with Crippen molar-refractivity contribution in [1.82, 2.24) is 15.1 Å². The van der Waals surface area contributed by atoms with Gasteiger partial charge in [-0.25, -0.2) is 4.39 Å². The van der Waals surface area contributed by atoms with Gasteiger partial charge >= 0.3 is 0 Å². The van der Waals surface area contributed by atoms with Crippen molar-refractivity contribution in [2.75, 3.05) is 6.54 Å². The summed E-state index contributed by atoms with van der Waals surface area (Å²) in [6.45, 7) is 5.09. The van der Waals surface area contributed by atoms with Gasteiger partial charge in [0.15, 0.2) is 0 Å². The topological polar surface area (TPSA) is 29.9 Å². The van der Waals surface area contributed by atoms with Crippen molar-refractivity contribution in [3.8, 4) is 0 Å². The van der Waals surface area contributed by atoms with Gasteiger partial charge in [-0.2, -0.15) is 5.10 Å². The predicted molar refractivity (Wildman–Crippen MR) is 74.5 cm³/mol. The zero-order chi connectivity index (χ0) is 13.8. The molecule has 2 rings (SSSR count). The number of nitrogens with one attached hydrogen (secondary N) is 1. The zero-order valence-corrected chi connectivity index (χ0v) is 11.7. The van der Waals surface area contributed by atoms with E-state index in [1.807, 2.05) is 37.0 Å². The summed E-state index contributed by atoms with van der Waals surface area (Å²) in [5.41, 5.74) is 3.33. The molecule has 19 heavy (non-hydrogen) atoms. The minimum Gasteiger partial charge on any atom is -0.306 e. The van der Waals surface area contributed by atoms with E-state index >= 15 is 0 Å². The Morgan fingerprint density at radius 1 is 1.32 bits per heavy atom. The lowest BCUT2D eigenvalue weighted by Crippen LogP contribution is -2.23. The van der Waals surface area contributed by atoms with Crippen molar-refractivity contribution in [3.05, 3.63) is 53.1 Å². The van der Waals surface area contributed by atoms with Crippen LogP contribution < -0.4 is 5.32 Å². The lowest BCUT2D eigenvalue weighted by molar-refractivity contribution is 0.589. The number of aromatic nitrogens is 2. The minimum absolute atomic E-state index is 0.0641. The Hall–Kier alpha value is -1.68. The van der Waals surface area contributed by atoms with Gasteiger partial charge in [0.05, 0.1) is 12.2 Å². The molecule has 0 aliphatic carbocycles. The van der Waals surface area contributed by atoms with Gasteiger partial charge in [0.2, 0.25) is 0 Å². The van der Waals surface area contributed by atoms with Crippen LogP contribution in [0.4, 0.5) is 4.39 Å². The van der Waals surface area contributed by atoms with Crippen LogP contribution in [0.1, 0.15) is 36.2 Å². The van der Waals surface area contributed by atoms with Gasteiger partial charge < -0.3 is 5.32 Å². The van der Waals surface area contributed by atoms with Gasteiger partial charge in [0.1, 0.15) is 5.82 Å². The summed E-state index contributed by atoms with van der Waals surface area (Å²) in [6, 6.07) is 6.72. The quantitative estimate of drug-likeness (QED) is 0.896. The molecule has 3 nitrogen and oxygen atoms in total. The third-order valence-corrected chi connectivity index (χ3v) is 3.39. The van der Waals surface area contributed by atoms with Gasteiger partial charge in [-0.1, -0.05) is 19.1 Å². The van der Waals surface area contributed by atoms with E-state index in [9.17, 15) is 4.39 Å². The first-order valence-electron chi connectivity index (χ1n) is 6.60. The highest BCUT2D eigenvalue weighted by atomic mass is 19.1. The summed E-state index contributed by atoms with van der Waals surface area (Å²) < 4.78 is 14.9. The number of rotatable bonds is 5. The van der Waals surface area contributed by atoms with E-state index in [4.69, 9.17) is 0 Å². The average molecular weight is 261 g/mol. The van der Waals surface area contributed by atoms with Crippen LogP contribution in [-0.2, 0) is 7.05 Å². The van der Waals surface area contributed by atoms with Crippen molar-refractivity contribution in [3.63, 3.8) is 0 Å². The molecule has 4 heteroatoms. The van der Waals surface area contributed by atoms with E-state index in [0.717, 1.165) is 29.8 Å². The van der Waals surface area contributed by atoms with Crippen molar-refractivity contribution < 1.29 is 4.39 Å². The van der Waals surface area contributed by atoms with Gasteiger partial charge in [-0.3, -0.25) is 4.68 Å². The van der Waals surface area contributed by atoms with Crippen LogP contribution in [0.3, 0.4) is 0 Å². The van der Waals surface area contributed by atoms with E-state index in [1.165, 1.54) is 12.1 Å². The fourth-order valence-electron chi connectivity index (χ4n) is 2.15. The lowest BCUT2D eigenvalue weighted by Gasteiger charge is -2.19. The first-order chi connectivity index (χ1) is 9.13. The first-order valence-corrected chi connectivity index (χ1v) is 6.60. The molecule has 1 atom stereocenters. The Bertz CT molecular complexity index is 531. The fourth-order valence-corrected chi connectivity index (χ4v) is 2.15. The lowest BCUT2D eigenvalue weighted by atomic mass is 9.99. The first kappa shape index (κ1) is 13.7. The van der Waals surface area contributed by atoms with Crippen LogP contribution >= 0.6 is 0 Å². The molecule has 0 aliphatic heterocycles. The molecule has 1 N–H and O–H groups in total. The van der Waals surface area contributed by atoms with E-state index in [-0.39, 0.29) is 11.9 Å². The number of hydrogen-bond acceptors (Lipinski definition) is 2. The second-order valence-corrected chi connectivity index (χ2v) is 4.75. The van der Waals surface area contributed by atoms with Crippen LogP contribution in [-0.4, -0.2) is 16.3 Å². The van der Waals surface area contributed by atoms with Crippen molar-refractivity contribution >= 4 is 0 Å². The van der Waals surface area contributed by atoms with E-state index < -0.39 is 0 Å². The molecule has 1 heterocycles. The Morgan fingerprint density at radius 2 is 2.00 bits per heavy atom. The Kier molecular flexibility index (Phi) is 4.32. The summed E-state index contributed by atoms with van der Waals surface area (Å²) in [7, 11) is 1.93. The summed E-state index contributed by atoms with van der Waals surface area (Å²) in [6.07, 6.45) is 2.93. The Morgan fingerprint density at radius 3 is 2.53 bits per heavy atom. The number of aryl methyl sites for hydroxylation is 1. The molecule has 0 saturated carbocycles. The molecular formula is C15H20FN3. The smallest absolute Gasteiger partial charge is 0.123 e. The Labute approximate surface area is 113 Å². The number of nitrogens with zero attached hydrogens (tertiary/aromatic N) is 2. The average Bonchev–Trinajstić information content (AvgIpc) is 2.73. The molecule has 0 fully saturated rings. The van der Waals surface area contributed by atoms with E-state index in [1.54, 1.807) is 0 Å². The maximum atomic E-state index is 13.1. The van der Waals surface area contributed by atoms with Crippen LogP contribution in [0.25, 0.3) is 0 Å². The molecule has 1 aromatic carbocycles. The fraction of sp³-hybridized carbons (Fsp3) is 0.400. The van der Waals surface area contributed by atoms with Crippen LogP contribution in [0, 0.1) is 12.7 Å². The maximum Gasteiger partial charge on any atom is 0.123 e. The van der Waals surface area contributed by atoms with E-state index in [0.29, 0.717) is 0 Å². The molecule has 0 saturated heterocycles. The molecule has 102 valence electrons. The molecule has 0 aliphatic rings. The standard InChI is InChI=1S/C15H20FN3/c1-4-9-17-15(12-5-7-13(16)8-6-12)14-10-18-19(3)11(14)2/h5-8,10,15,17H,4,9H2,1-3H3. The van der Waals surface area contributed by atoms with Crippen molar-refractivity contribution in [2.24, 2.45) is 7.05 Å². The van der Waals surface area contributed by atoms with Crippen molar-refractivity contribution in [2.45, 2.75) is 26.3 Å². The largest absolute Gasteiger partial charge is 0.306 e. The monoisotopic (exact) mass is 261 g/mol. The van der Waals surface area contributed by atoms with Gasteiger partial charge in [0.25, 0.3) is 0 Å². The minimum atomic E-state index is -0.207. The third-order valence-electron chi connectivity index (χ3n) is 3.39. The molecular weight excluding hydrogens is 241 g/mol. The van der Waals surface area contributed by atoms with Gasteiger partial charge in [-0.05, 0) is 37.6 Å².